The summed E-state index contributed by atoms with van der Waals surface area (Å²) in [6.07, 6.45) is 3.38. The van der Waals surface area contributed by atoms with E-state index in [2.05, 4.69) is 4.98 Å². The van der Waals surface area contributed by atoms with Crippen LogP contribution in [0, 0.1) is 0 Å². The first-order valence-corrected chi connectivity index (χ1v) is 3.43. The van der Waals surface area contributed by atoms with E-state index in [9.17, 15) is 0 Å². The molecule has 0 aliphatic rings. The van der Waals surface area contributed by atoms with Crippen LogP contribution in [-0.2, 0) is 6.54 Å². The van der Waals surface area contributed by atoms with Gasteiger partial charge in [-0.1, -0.05) is 0 Å². The predicted octanol–water partition coefficient (Wildman–Crippen LogP) is 1.29. The summed E-state index contributed by atoms with van der Waals surface area (Å²) in [4.78, 5) is 4.14. The van der Waals surface area contributed by atoms with Crippen LogP contribution in [0.2, 0.25) is 0 Å². The molecule has 0 aliphatic carbocycles. The fourth-order valence-electron chi connectivity index (χ4n) is 1.06. The predicted molar refractivity (Wildman–Crippen MR) is 41.9 cm³/mol. The molecule has 3 heteroatoms. The molecule has 2 aromatic heterocycles. The van der Waals surface area contributed by atoms with Crippen molar-refractivity contribution >= 4 is 11.1 Å². The average molecular weight is 148 g/mol. The second-order valence-electron chi connectivity index (χ2n) is 2.32. The lowest BCUT2D eigenvalue weighted by atomic mass is 10.3. The Kier molecular flexibility index (Phi) is 1.36. The van der Waals surface area contributed by atoms with Crippen LogP contribution in [-0.4, -0.2) is 4.98 Å². The summed E-state index contributed by atoms with van der Waals surface area (Å²) in [5, 5.41) is 0. The van der Waals surface area contributed by atoms with Crippen molar-refractivity contribution in [1.82, 2.24) is 4.98 Å². The normalized spacial score (nSPS) is 10.6. The Labute approximate surface area is 63.8 Å². The highest BCUT2D eigenvalue weighted by atomic mass is 16.3. The smallest absolute Gasteiger partial charge is 0.152 e. The topological polar surface area (TPSA) is 52.0 Å². The van der Waals surface area contributed by atoms with E-state index < -0.39 is 0 Å². The molecule has 2 N–H and O–H groups in total. The number of furan rings is 1. The summed E-state index contributed by atoms with van der Waals surface area (Å²) in [5.41, 5.74) is 8.09. The van der Waals surface area contributed by atoms with Crippen molar-refractivity contribution in [3.8, 4) is 0 Å². The monoisotopic (exact) mass is 148 g/mol. The van der Waals surface area contributed by atoms with Crippen molar-refractivity contribution in [2.45, 2.75) is 6.54 Å². The number of hydrogen-bond donors (Lipinski definition) is 1. The Hall–Kier alpha value is -1.35. The van der Waals surface area contributed by atoms with Gasteiger partial charge in [0.05, 0.1) is 6.26 Å². The van der Waals surface area contributed by atoms with Gasteiger partial charge in [0.25, 0.3) is 0 Å². The minimum absolute atomic E-state index is 0.476. The maximum atomic E-state index is 5.46. The standard InChI is InChI=1S/C8H8N2O/c9-4-6-5-11-7-2-1-3-10-8(6)7/h1-3,5H,4,9H2. The third-order valence-electron chi connectivity index (χ3n) is 1.62. The van der Waals surface area contributed by atoms with Crippen LogP contribution >= 0.6 is 0 Å². The molecule has 2 aromatic rings. The zero-order chi connectivity index (χ0) is 7.68. The Balaban J connectivity index is 2.76. The van der Waals surface area contributed by atoms with E-state index >= 15 is 0 Å². The van der Waals surface area contributed by atoms with Gasteiger partial charge in [-0.15, -0.1) is 0 Å². The van der Waals surface area contributed by atoms with Gasteiger partial charge in [-0.05, 0) is 12.1 Å². The van der Waals surface area contributed by atoms with Crippen molar-refractivity contribution in [3.05, 3.63) is 30.2 Å². The fourth-order valence-corrected chi connectivity index (χ4v) is 1.06. The molecule has 11 heavy (non-hydrogen) atoms. The van der Waals surface area contributed by atoms with E-state index in [0.717, 1.165) is 16.7 Å². The van der Waals surface area contributed by atoms with Crippen LogP contribution in [0.25, 0.3) is 11.1 Å². The Morgan fingerprint density at radius 2 is 2.45 bits per heavy atom. The van der Waals surface area contributed by atoms with E-state index in [0.29, 0.717) is 6.54 Å². The highest BCUT2D eigenvalue weighted by Gasteiger charge is 2.02. The molecule has 56 valence electrons. The third kappa shape index (κ3) is 0.897. The van der Waals surface area contributed by atoms with Crippen LogP contribution in [0.1, 0.15) is 5.56 Å². The van der Waals surface area contributed by atoms with Crippen molar-refractivity contribution in [2.24, 2.45) is 5.73 Å². The van der Waals surface area contributed by atoms with Crippen molar-refractivity contribution in [3.63, 3.8) is 0 Å². The van der Waals surface area contributed by atoms with Gasteiger partial charge in [0.15, 0.2) is 5.58 Å². The summed E-state index contributed by atoms with van der Waals surface area (Å²) in [7, 11) is 0. The fraction of sp³-hybridized carbons (Fsp3) is 0.125. The van der Waals surface area contributed by atoms with Crippen LogP contribution in [0.4, 0.5) is 0 Å². The molecular weight excluding hydrogens is 140 g/mol. The first kappa shape index (κ1) is 6.37. The Morgan fingerprint density at radius 1 is 1.55 bits per heavy atom. The molecule has 2 rings (SSSR count). The molecule has 0 unspecified atom stereocenters. The van der Waals surface area contributed by atoms with Gasteiger partial charge < -0.3 is 10.2 Å². The molecule has 3 nitrogen and oxygen atoms in total. The second-order valence-corrected chi connectivity index (χ2v) is 2.32. The molecular formula is C8H8N2O. The lowest BCUT2D eigenvalue weighted by molar-refractivity contribution is 0.610. The number of hydrogen-bond acceptors (Lipinski definition) is 3. The quantitative estimate of drug-likeness (QED) is 0.662. The SMILES string of the molecule is NCc1coc2cccnc12. The third-order valence-corrected chi connectivity index (χ3v) is 1.62. The van der Waals surface area contributed by atoms with Gasteiger partial charge in [0, 0.05) is 18.3 Å². The van der Waals surface area contributed by atoms with E-state index in [4.69, 9.17) is 10.2 Å². The second kappa shape index (κ2) is 2.36. The minimum Gasteiger partial charge on any atom is -0.462 e. The van der Waals surface area contributed by atoms with Crippen molar-refractivity contribution in [1.29, 1.82) is 0 Å². The largest absolute Gasteiger partial charge is 0.462 e. The van der Waals surface area contributed by atoms with Gasteiger partial charge >= 0.3 is 0 Å². The van der Waals surface area contributed by atoms with E-state index in [-0.39, 0.29) is 0 Å². The lowest BCUT2D eigenvalue weighted by Crippen LogP contribution is -1.94. The minimum atomic E-state index is 0.476. The van der Waals surface area contributed by atoms with Crippen molar-refractivity contribution in [2.75, 3.05) is 0 Å². The Bertz CT molecular complexity index is 367. The molecule has 0 bridgehead atoms. The van der Waals surface area contributed by atoms with Crippen LogP contribution in [0.3, 0.4) is 0 Å². The molecule has 0 saturated heterocycles. The number of aromatic nitrogens is 1. The average Bonchev–Trinajstić information content (AvgIpc) is 2.47. The van der Waals surface area contributed by atoms with Crippen molar-refractivity contribution < 1.29 is 4.42 Å². The molecule has 0 amide bonds. The van der Waals surface area contributed by atoms with Crippen LogP contribution in [0.5, 0.6) is 0 Å². The lowest BCUT2D eigenvalue weighted by Gasteiger charge is -1.87. The highest BCUT2D eigenvalue weighted by Crippen LogP contribution is 2.16. The molecule has 0 saturated carbocycles. The van der Waals surface area contributed by atoms with Crippen LogP contribution < -0.4 is 5.73 Å². The molecule has 0 aliphatic heterocycles. The zero-order valence-corrected chi connectivity index (χ0v) is 5.95. The molecule has 0 atom stereocenters. The molecule has 0 spiro atoms. The van der Waals surface area contributed by atoms with E-state index in [1.807, 2.05) is 12.1 Å². The number of fused-ring (bicyclic) bond motifs is 1. The van der Waals surface area contributed by atoms with Gasteiger partial charge in [-0.25, -0.2) is 0 Å². The number of nitrogens with zero attached hydrogens (tertiary/aromatic N) is 1. The van der Waals surface area contributed by atoms with Crippen LogP contribution in [0.15, 0.2) is 29.0 Å². The van der Waals surface area contributed by atoms with Gasteiger partial charge in [-0.2, -0.15) is 0 Å². The number of nitrogens with two attached hydrogens (primary N) is 1. The molecule has 2 heterocycles. The van der Waals surface area contributed by atoms with E-state index in [1.165, 1.54) is 0 Å². The molecule has 0 radical (unpaired) electrons. The summed E-state index contributed by atoms with van der Waals surface area (Å²) in [6.45, 7) is 0.476. The number of rotatable bonds is 1. The maximum Gasteiger partial charge on any atom is 0.152 e. The Morgan fingerprint density at radius 3 is 3.27 bits per heavy atom. The maximum absolute atomic E-state index is 5.46. The van der Waals surface area contributed by atoms with Gasteiger partial charge in [0.1, 0.15) is 5.52 Å². The first-order chi connectivity index (χ1) is 5.42. The van der Waals surface area contributed by atoms with Gasteiger partial charge in [0.2, 0.25) is 0 Å². The molecule has 0 aromatic carbocycles. The zero-order valence-electron chi connectivity index (χ0n) is 5.95. The summed E-state index contributed by atoms with van der Waals surface area (Å²) in [6, 6.07) is 3.72. The summed E-state index contributed by atoms with van der Waals surface area (Å²) < 4.78 is 5.20. The van der Waals surface area contributed by atoms with Gasteiger partial charge in [-0.3, -0.25) is 4.98 Å². The summed E-state index contributed by atoms with van der Waals surface area (Å²) >= 11 is 0. The van der Waals surface area contributed by atoms with E-state index in [1.54, 1.807) is 12.5 Å². The highest BCUT2D eigenvalue weighted by molar-refractivity contribution is 5.75. The number of pyridine rings is 1. The first-order valence-electron chi connectivity index (χ1n) is 3.43. The molecule has 0 fully saturated rings. The summed E-state index contributed by atoms with van der Waals surface area (Å²) in [5.74, 6) is 0.